The fraction of sp³-hybridized carbons (Fsp3) is 0. The van der Waals surface area contributed by atoms with Crippen molar-refractivity contribution in [2.45, 2.75) is 0 Å². The highest BCUT2D eigenvalue weighted by atomic mass is 15.3. The summed E-state index contributed by atoms with van der Waals surface area (Å²) in [4.78, 5) is 26.5. The molecule has 1 aliphatic heterocycles. The number of anilines is 3. The van der Waals surface area contributed by atoms with Gasteiger partial charge in [0.1, 0.15) is 6.33 Å². The van der Waals surface area contributed by atoms with E-state index in [2.05, 4.69) is 54.6 Å². The van der Waals surface area contributed by atoms with E-state index < -0.39 is 0 Å². The zero-order valence-electron chi connectivity index (χ0n) is 21.9. The molecule has 0 radical (unpaired) electrons. The SMILES string of the molecule is c1ccc(-c2cc3c4c(ncnc4c2)N(c2nc(-c4ccccc4)nc(-c4ccccc4)n2)c2ccccc2-3)cc1. The minimum Gasteiger partial charge on any atom is -0.261 e. The van der Waals surface area contributed by atoms with Gasteiger partial charge in [-0.1, -0.05) is 109 Å². The van der Waals surface area contributed by atoms with Crippen molar-refractivity contribution in [1.82, 2.24) is 24.9 Å². The maximum Gasteiger partial charge on any atom is 0.240 e. The average Bonchev–Trinajstić information content (AvgIpc) is 3.06. The van der Waals surface area contributed by atoms with Crippen LogP contribution in [0, 0.1) is 0 Å². The third-order valence-corrected chi connectivity index (χ3v) is 7.36. The van der Waals surface area contributed by atoms with E-state index in [-0.39, 0.29) is 0 Å². The molecule has 8 rings (SSSR count). The second-order valence-electron chi connectivity index (χ2n) is 9.85. The highest BCUT2D eigenvalue weighted by Crippen LogP contribution is 2.50. The van der Waals surface area contributed by atoms with Crippen molar-refractivity contribution in [2.24, 2.45) is 0 Å². The van der Waals surface area contributed by atoms with E-state index >= 15 is 0 Å². The molecule has 0 saturated heterocycles. The quantitative estimate of drug-likeness (QED) is 0.230. The van der Waals surface area contributed by atoms with E-state index in [1.54, 1.807) is 6.33 Å². The van der Waals surface area contributed by atoms with Crippen molar-refractivity contribution >= 4 is 28.4 Å². The molecule has 0 unspecified atom stereocenters. The predicted octanol–water partition coefficient (Wildman–Crippen LogP) is 8.27. The molecular weight excluding hydrogens is 504 g/mol. The lowest BCUT2D eigenvalue weighted by atomic mass is 9.91. The number of rotatable bonds is 4. The Morgan fingerprint density at radius 3 is 1.71 bits per heavy atom. The molecule has 0 N–H and O–H groups in total. The summed E-state index contributed by atoms with van der Waals surface area (Å²) in [7, 11) is 0. The molecule has 7 aromatic rings. The van der Waals surface area contributed by atoms with Crippen LogP contribution in [0.3, 0.4) is 0 Å². The van der Waals surface area contributed by atoms with Crippen LogP contribution in [-0.4, -0.2) is 24.9 Å². The van der Waals surface area contributed by atoms with Crippen LogP contribution in [0.5, 0.6) is 0 Å². The Bertz CT molecular complexity index is 1990. The lowest BCUT2D eigenvalue weighted by Gasteiger charge is -2.30. The summed E-state index contributed by atoms with van der Waals surface area (Å²) >= 11 is 0. The van der Waals surface area contributed by atoms with E-state index in [4.69, 9.17) is 24.9 Å². The largest absolute Gasteiger partial charge is 0.261 e. The number of aromatic nitrogens is 5. The van der Waals surface area contributed by atoms with Gasteiger partial charge in [-0.25, -0.2) is 15.0 Å². The predicted molar refractivity (Wildman–Crippen MR) is 163 cm³/mol. The van der Waals surface area contributed by atoms with Gasteiger partial charge in [-0.3, -0.25) is 4.90 Å². The van der Waals surface area contributed by atoms with E-state index in [0.29, 0.717) is 17.6 Å². The Morgan fingerprint density at radius 1 is 0.463 bits per heavy atom. The number of benzene rings is 5. The van der Waals surface area contributed by atoms with Gasteiger partial charge in [-0.15, -0.1) is 0 Å². The van der Waals surface area contributed by atoms with Crippen LogP contribution < -0.4 is 4.90 Å². The van der Waals surface area contributed by atoms with Gasteiger partial charge in [0, 0.05) is 16.7 Å². The first kappa shape index (κ1) is 23.2. The topological polar surface area (TPSA) is 67.7 Å². The first-order valence-corrected chi connectivity index (χ1v) is 13.4. The molecule has 0 atom stereocenters. The van der Waals surface area contributed by atoms with Crippen molar-refractivity contribution in [3.8, 4) is 45.0 Å². The van der Waals surface area contributed by atoms with Crippen LogP contribution >= 0.6 is 0 Å². The van der Waals surface area contributed by atoms with E-state index in [1.165, 1.54) is 0 Å². The Morgan fingerprint density at radius 2 is 1.05 bits per heavy atom. The van der Waals surface area contributed by atoms with Crippen molar-refractivity contribution in [1.29, 1.82) is 0 Å². The minimum absolute atomic E-state index is 0.503. The normalized spacial score (nSPS) is 11.9. The number of fused-ring (bicyclic) bond motifs is 2. The Kier molecular flexibility index (Phi) is 5.35. The van der Waals surface area contributed by atoms with Gasteiger partial charge < -0.3 is 0 Å². The van der Waals surface area contributed by atoms with Crippen LogP contribution in [0.4, 0.5) is 17.5 Å². The molecule has 3 heterocycles. The Labute approximate surface area is 236 Å². The molecule has 6 heteroatoms. The van der Waals surface area contributed by atoms with Gasteiger partial charge in [-0.05, 0) is 34.9 Å². The van der Waals surface area contributed by atoms with Gasteiger partial charge in [-0.2, -0.15) is 9.97 Å². The summed E-state index contributed by atoms with van der Waals surface area (Å²) in [6, 6.07) is 43.1. The first-order valence-electron chi connectivity index (χ1n) is 13.4. The highest BCUT2D eigenvalue weighted by molar-refractivity contribution is 6.12. The molecule has 5 aromatic carbocycles. The van der Waals surface area contributed by atoms with Crippen LogP contribution in [0.2, 0.25) is 0 Å². The van der Waals surface area contributed by atoms with Crippen LogP contribution in [0.25, 0.3) is 55.9 Å². The maximum absolute atomic E-state index is 5.02. The van der Waals surface area contributed by atoms with Crippen LogP contribution in [-0.2, 0) is 0 Å². The van der Waals surface area contributed by atoms with Crippen molar-refractivity contribution < 1.29 is 0 Å². The molecule has 0 amide bonds. The monoisotopic (exact) mass is 526 g/mol. The second-order valence-corrected chi connectivity index (χ2v) is 9.85. The maximum atomic E-state index is 5.02. The Hall–Kier alpha value is -5.75. The summed E-state index contributed by atoms with van der Waals surface area (Å²) in [5.74, 6) is 2.44. The molecule has 0 bridgehead atoms. The number of nitrogens with zero attached hydrogens (tertiary/aromatic N) is 6. The van der Waals surface area contributed by atoms with Gasteiger partial charge in [0.2, 0.25) is 5.95 Å². The average molecular weight is 527 g/mol. The van der Waals surface area contributed by atoms with Crippen molar-refractivity contribution in [3.05, 3.63) is 134 Å². The molecular formula is C35H22N6. The zero-order valence-corrected chi connectivity index (χ0v) is 21.9. The molecule has 0 fully saturated rings. The van der Waals surface area contributed by atoms with Crippen molar-refractivity contribution in [3.63, 3.8) is 0 Å². The standard InChI is InChI=1S/C35H22N6/c1-4-12-23(13-5-1)26-20-28-27-18-10-11-19-30(27)41(34-31(28)29(21-26)36-22-37-34)35-39-32(24-14-6-2-7-15-24)38-33(40-35)25-16-8-3-9-17-25/h1-22H. The smallest absolute Gasteiger partial charge is 0.240 e. The Balaban J connectivity index is 1.41. The van der Waals surface area contributed by atoms with E-state index in [0.717, 1.165) is 55.8 Å². The molecule has 192 valence electrons. The van der Waals surface area contributed by atoms with Gasteiger partial charge in [0.25, 0.3) is 0 Å². The van der Waals surface area contributed by atoms with Crippen LogP contribution in [0.15, 0.2) is 134 Å². The molecule has 6 nitrogen and oxygen atoms in total. The second kappa shape index (κ2) is 9.47. The third kappa shape index (κ3) is 3.93. The highest BCUT2D eigenvalue weighted by Gasteiger charge is 2.30. The van der Waals surface area contributed by atoms with E-state index in [1.807, 2.05) is 77.7 Å². The van der Waals surface area contributed by atoms with Gasteiger partial charge >= 0.3 is 0 Å². The minimum atomic E-state index is 0.503. The summed E-state index contributed by atoms with van der Waals surface area (Å²) in [6.07, 6.45) is 1.62. The molecule has 0 aliphatic carbocycles. The number of hydrogen-bond acceptors (Lipinski definition) is 6. The fourth-order valence-electron chi connectivity index (χ4n) is 5.46. The number of para-hydroxylation sites is 1. The fourth-order valence-corrected chi connectivity index (χ4v) is 5.46. The molecule has 0 saturated carbocycles. The van der Waals surface area contributed by atoms with Gasteiger partial charge in [0.05, 0.1) is 16.6 Å². The first-order chi connectivity index (χ1) is 20.3. The summed E-state index contributed by atoms with van der Waals surface area (Å²) in [6.45, 7) is 0. The lowest BCUT2D eigenvalue weighted by Crippen LogP contribution is -2.20. The molecule has 41 heavy (non-hydrogen) atoms. The molecule has 1 aliphatic rings. The van der Waals surface area contributed by atoms with Crippen molar-refractivity contribution in [2.75, 3.05) is 4.90 Å². The number of hydrogen-bond donors (Lipinski definition) is 0. The molecule has 2 aromatic heterocycles. The summed E-state index contributed by atoms with van der Waals surface area (Å²) < 4.78 is 0. The third-order valence-electron chi connectivity index (χ3n) is 7.36. The zero-order chi connectivity index (χ0) is 27.2. The van der Waals surface area contributed by atoms with E-state index in [9.17, 15) is 0 Å². The van der Waals surface area contributed by atoms with Gasteiger partial charge in [0.15, 0.2) is 17.5 Å². The van der Waals surface area contributed by atoms with Crippen LogP contribution in [0.1, 0.15) is 0 Å². The summed E-state index contributed by atoms with van der Waals surface area (Å²) in [5, 5.41) is 0.966. The lowest BCUT2D eigenvalue weighted by molar-refractivity contribution is 1.01. The summed E-state index contributed by atoms with van der Waals surface area (Å²) in [5.41, 5.74) is 8.06. The molecule has 0 spiro atoms.